The third kappa shape index (κ3) is 8.07. The molecule has 0 bridgehead atoms. The molecule has 190 valence electrons. The predicted molar refractivity (Wildman–Crippen MR) is 143 cm³/mol. The first-order valence-corrected chi connectivity index (χ1v) is 11.4. The number of hydrogen-bond donors (Lipinski definition) is 3. The third-order valence-corrected chi connectivity index (χ3v) is 5.21. The van der Waals surface area contributed by atoms with E-state index in [0.29, 0.717) is 29.4 Å². The Morgan fingerprint density at radius 1 is 0.892 bits per heavy atom. The fourth-order valence-corrected chi connectivity index (χ4v) is 3.12. The van der Waals surface area contributed by atoms with Crippen LogP contribution in [0.15, 0.2) is 84.5 Å². The van der Waals surface area contributed by atoms with Gasteiger partial charge in [-0.1, -0.05) is 36.9 Å². The number of anilines is 2. The minimum atomic E-state index is -0.950. The van der Waals surface area contributed by atoms with Gasteiger partial charge < -0.3 is 20.1 Å². The summed E-state index contributed by atoms with van der Waals surface area (Å²) >= 11 is 0. The normalized spacial score (nSPS) is 10.4. The van der Waals surface area contributed by atoms with Gasteiger partial charge in [0.1, 0.15) is 18.1 Å². The molecule has 0 saturated carbocycles. The van der Waals surface area contributed by atoms with Gasteiger partial charge in [0.25, 0.3) is 5.91 Å². The van der Waals surface area contributed by atoms with Gasteiger partial charge in [-0.2, -0.15) is 5.10 Å². The maximum Gasteiger partial charge on any atom is 0.329 e. The highest BCUT2D eigenvalue weighted by Crippen LogP contribution is 2.19. The van der Waals surface area contributed by atoms with Crippen LogP contribution in [0.1, 0.15) is 16.7 Å². The van der Waals surface area contributed by atoms with Crippen molar-refractivity contribution >= 4 is 35.3 Å². The lowest BCUT2D eigenvalue weighted by molar-refractivity contribution is -0.136. The number of nitrogens with one attached hydrogen (secondary N) is 3. The molecule has 0 radical (unpaired) electrons. The number of aryl methyl sites for hydroxylation is 1. The third-order valence-electron chi connectivity index (χ3n) is 5.21. The van der Waals surface area contributed by atoms with Crippen LogP contribution in [0.2, 0.25) is 0 Å². The largest absolute Gasteiger partial charge is 0.490 e. The molecular weight excluding hydrogens is 472 g/mol. The molecule has 0 spiro atoms. The van der Waals surface area contributed by atoms with Crippen LogP contribution in [0.3, 0.4) is 0 Å². The van der Waals surface area contributed by atoms with Crippen molar-refractivity contribution in [3.63, 3.8) is 0 Å². The van der Waals surface area contributed by atoms with E-state index in [9.17, 15) is 14.4 Å². The maximum atomic E-state index is 12.4. The molecule has 9 heteroatoms. The molecule has 37 heavy (non-hydrogen) atoms. The van der Waals surface area contributed by atoms with Crippen LogP contribution in [-0.4, -0.2) is 37.1 Å². The Kier molecular flexibility index (Phi) is 9.55. The van der Waals surface area contributed by atoms with Crippen molar-refractivity contribution in [3.8, 4) is 11.5 Å². The maximum absolute atomic E-state index is 12.4. The lowest BCUT2D eigenvalue weighted by Crippen LogP contribution is -2.32. The molecule has 3 amide bonds. The first-order chi connectivity index (χ1) is 17.9. The molecule has 0 saturated heterocycles. The lowest BCUT2D eigenvalue weighted by Gasteiger charge is -2.12. The molecule has 0 unspecified atom stereocenters. The Bertz CT molecular complexity index is 1300. The van der Waals surface area contributed by atoms with Crippen molar-refractivity contribution in [3.05, 3.63) is 96.1 Å². The quantitative estimate of drug-likeness (QED) is 0.168. The van der Waals surface area contributed by atoms with Crippen molar-refractivity contribution in [2.45, 2.75) is 13.8 Å². The molecule has 0 aromatic heterocycles. The summed E-state index contributed by atoms with van der Waals surface area (Å²) in [6.07, 6.45) is 2.95. The molecule has 0 aliphatic carbocycles. The first-order valence-electron chi connectivity index (χ1n) is 11.4. The van der Waals surface area contributed by atoms with Crippen LogP contribution in [-0.2, 0) is 14.4 Å². The molecule has 9 nitrogen and oxygen atoms in total. The molecule has 0 aliphatic rings. The summed E-state index contributed by atoms with van der Waals surface area (Å²) in [6.45, 7) is 7.62. The summed E-state index contributed by atoms with van der Waals surface area (Å²) < 4.78 is 11.0. The van der Waals surface area contributed by atoms with Crippen molar-refractivity contribution in [2.24, 2.45) is 5.10 Å². The minimum Gasteiger partial charge on any atom is -0.490 e. The van der Waals surface area contributed by atoms with Crippen molar-refractivity contribution in [2.75, 3.05) is 23.8 Å². The van der Waals surface area contributed by atoms with Gasteiger partial charge in [-0.3, -0.25) is 14.4 Å². The highest BCUT2D eigenvalue weighted by molar-refractivity contribution is 6.39. The number of benzene rings is 3. The van der Waals surface area contributed by atoms with Gasteiger partial charge in [-0.15, -0.1) is 0 Å². The number of nitrogens with zero attached hydrogens (tertiary/aromatic N) is 1. The Hall–Kier alpha value is -4.92. The standard InChI is InChI=1S/C28H28N4O5/c1-4-16-36-23-14-12-22(13-15-23)30-27(34)28(35)32-29-17-21-9-5-6-11-25(21)37-18-26(33)31-24-10-7-8-19(2)20(24)3/h4-15,17H,1,16,18H2,2-3H3,(H,30,34)(H,31,33)(H,32,35)/b29-17-. The van der Waals surface area contributed by atoms with Gasteiger partial charge in [0, 0.05) is 16.9 Å². The SMILES string of the molecule is C=CCOc1ccc(NC(=O)C(=O)N/N=C\c2ccccc2OCC(=O)Nc2cccc(C)c2C)cc1. The summed E-state index contributed by atoms with van der Waals surface area (Å²) in [5.74, 6) is -1.15. The number of hydrazone groups is 1. The molecule has 0 aliphatic heterocycles. The zero-order valence-electron chi connectivity index (χ0n) is 20.6. The zero-order valence-corrected chi connectivity index (χ0v) is 20.6. The van der Waals surface area contributed by atoms with Crippen LogP contribution in [0.5, 0.6) is 11.5 Å². The fourth-order valence-electron chi connectivity index (χ4n) is 3.12. The van der Waals surface area contributed by atoms with Crippen LogP contribution >= 0.6 is 0 Å². The molecule has 0 atom stereocenters. The van der Waals surface area contributed by atoms with E-state index in [4.69, 9.17) is 9.47 Å². The summed E-state index contributed by atoms with van der Waals surface area (Å²) in [5, 5.41) is 9.14. The highest BCUT2D eigenvalue weighted by atomic mass is 16.5. The van der Waals surface area contributed by atoms with E-state index in [2.05, 4.69) is 27.7 Å². The average molecular weight is 501 g/mol. The minimum absolute atomic E-state index is 0.218. The predicted octanol–water partition coefficient (Wildman–Crippen LogP) is 3.97. The number of carbonyl (C=O) groups is 3. The van der Waals surface area contributed by atoms with Crippen LogP contribution < -0.4 is 25.5 Å². The molecule has 3 aromatic carbocycles. The number of hydrogen-bond acceptors (Lipinski definition) is 6. The average Bonchev–Trinajstić information content (AvgIpc) is 2.90. The number of ether oxygens (including phenoxy) is 2. The second kappa shape index (κ2) is 13.2. The Morgan fingerprint density at radius 3 is 2.41 bits per heavy atom. The summed E-state index contributed by atoms with van der Waals surface area (Å²) in [6, 6.07) is 19.1. The Morgan fingerprint density at radius 2 is 1.65 bits per heavy atom. The zero-order chi connectivity index (χ0) is 26.6. The Labute approximate surface area is 215 Å². The smallest absolute Gasteiger partial charge is 0.329 e. The van der Waals surface area contributed by atoms with Crippen molar-refractivity contribution in [1.29, 1.82) is 0 Å². The number of para-hydroxylation sites is 1. The van der Waals surface area contributed by atoms with E-state index in [-0.39, 0.29) is 12.5 Å². The molecule has 3 N–H and O–H groups in total. The lowest BCUT2D eigenvalue weighted by atomic mass is 10.1. The number of amides is 3. The molecule has 3 rings (SSSR count). The Balaban J connectivity index is 1.51. The summed E-state index contributed by atoms with van der Waals surface area (Å²) in [5.41, 5.74) is 5.89. The second-order valence-corrected chi connectivity index (χ2v) is 7.90. The van der Waals surface area contributed by atoms with Gasteiger partial charge in [0.2, 0.25) is 0 Å². The van der Waals surface area contributed by atoms with E-state index in [0.717, 1.165) is 16.8 Å². The molecular formula is C28H28N4O5. The van der Waals surface area contributed by atoms with Crippen LogP contribution in [0.25, 0.3) is 0 Å². The van der Waals surface area contributed by atoms with E-state index in [1.54, 1.807) is 54.6 Å². The van der Waals surface area contributed by atoms with E-state index in [1.807, 2.05) is 32.0 Å². The molecule has 0 fully saturated rings. The van der Waals surface area contributed by atoms with Crippen LogP contribution in [0.4, 0.5) is 11.4 Å². The summed E-state index contributed by atoms with van der Waals surface area (Å²) in [7, 11) is 0. The van der Waals surface area contributed by atoms with E-state index >= 15 is 0 Å². The second-order valence-electron chi connectivity index (χ2n) is 7.90. The molecule has 0 heterocycles. The van der Waals surface area contributed by atoms with Gasteiger partial charge in [0.05, 0.1) is 6.21 Å². The number of carbonyl (C=O) groups excluding carboxylic acids is 3. The van der Waals surface area contributed by atoms with Gasteiger partial charge in [-0.05, 0) is 67.4 Å². The number of rotatable bonds is 10. The van der Waals surface area contributed by atoms with Crippen molar-refractivity contribution < 1.29 is 23.9 Å². The fraction of sp³-hybridized carbons (Fsp3) is 0.143. The monoisotopic (exact) mass is 500 g/mol. The highest BCUT2D eigenvalue weighted by Gasteiger charge is 2.13. The van der Waals surface area contributed by atoms with Crippen LogP contribution in [0, 0.1) is 13.8 Å². The van der Waals surface area contributed by atoms with E-state index < -0.39 is 11.8 Å². The van der Waals surface area contributed by atoms with Crippen molar-refractivity contribution in [1.82, 2.24) is 5.43 Å². The van der Waals surface area contributed by atoms with Gasteiger partial charge in [-0.25, -0.2) is 5.43 Å². The van der Waals surface area contributed by atoms with Gasteiger partial charge in [0.15, 0.2) is 6.61 Å². The topological polar surface area (TPSA) is 118 Å². The van der Waals surface area contributed by atoms with Gasteiger partial charge >= 0.3 is 11.8 Å². The van der Waals surface area contributed by atoms with E-state index in [1.165, 1.54) is 6.21 Å². The summed E-state index contributed by atoms with van der Waals surface area (Å²) in [4.78, 5) is 36.6. The first kappa shape index (κ1) is 26.7. The molecule has 3 aromatic rings.